The lowest BCUT2D eigenvalue weighted by atomic mass is 10.2. The Morgan fingerprint density at radius 3 is 2.45 bits per heavy atom. The average molecular weight is 442 g/mol. The molecule has 0 unspecified atom stereocenters. The van der Waals surface area contributed by atoms with Gasteiger partial charge in [0.2, 0.25) is 9.73 Å². The zero-order valence-electron chi connectivity index (χ0n) is 15.7. The molecule has 0 radical (unpaired) electrons. The molecule has 2 aromatic heterocycles. The third-order valence-electron chi connectivity index (χ3n) is 5.30. The highest BCUT2D eigenvalue weighted by Crippen LogP contribution is 2.27. The highest BCUT2D eigenvalue weighted by atomic mass is 35.5. The Balaban J connectivity index is 1.33. The molecule has 0 bridgehead atoms. The number of nitrogens with zero attached hydrogens (tertiary/aromatic N) is 5. The third kappa shape index (κ3) is 3.59. The molecule has 5 nitrogen and oxygen atoms in total. The van der Waals surface area contributed by atoms with Gasteiger partial charge < -0.3 is 4.90 Å². The van der Waals surface area contributed by atoms with Crippen LogP contribution in [0.15, 0.2) is 60.0 Å². The number of hydrogen-bond donors (Lipinski definition) is 0. The van der Waals surface area contributed by atoms with Gasteiger partial charge in [0, 0.05) is 31.6 Å². The molecule has 1 aliphatic heterocycles. The van der Waals surface area contributed by atoms with E-state index in [1.54, 1.807) is 11.3 Å². The Hall–Kier alpha value is -2.19. The molecule has 0 atom stereocenters. The van der Waals surface area contributed by atoms with Crippen molar-refractivity contribution in [2.75, 3.05) is 31.1 Å². The Bertz CT molecular complexity index is 1190. The Morgan fingerprint density at radius 1 is 0.966 bits per heavy atom. The van der Waals surface area contributed by atoms with Gasteiger partial charge in [0.25, 0.3) is 0 Å². The van der Waals surface area contributed by atoms with Crippen molar-refractivity contribution in [1.82, 2.24) is 19.1 Å². The summed E-state index contributed by atoms with van der Waals surface area (Å²) in [7, 11) is 0. The Morgan fingerprint density at radius 2 is 1.69 bits per heavy atom. The van der Waals surface area contributed by atoms with Gasteiger partial charge in [-0.25, -0.2) is 4.68 Å². The van der Waals surface area contributed by atoms with E-state index >= 15 is 0 Å². The van der Waals surface area contributed by atoms with Gasteiger partial charge in [-0.1, -0.05) is 54.1 Å². The second kappa shape index (κ2) is 7.91. The van der Waals surface area contributed by atoms with Crippen LogP contribution in [0, 0.1) is 4.77 Å². The van der Waals surface area contributed by atoms with Gasteiger partial charge in [0.15, 0.2) is 0 Å². The van der Waals surface area contributed by atoms with Crippen molar-refractivity contribution in [3.63, 3.8) is 0 Å². The fourth-order valence-electron chi connectivity index (χ4n) is 3.76. The van der Waals surface area contributed by atoms with Crippen molar-refractivity contribution in [3.05, 3.63) is 69.8 Å². The molecule has 148 valence electrons. The van der Waals surface area contributed by atoms with E-state index in [0.29, 0.717) is 6.67 Å². The van der Waals surface area contributed by atoms with Gasteiger partial charge in [-0.2, -0.15) is 0 Å². The van der Waals surface area contributed by atoms with E-state index < -0.39 is 0 Å². The van der Waals surface area contributed by atoms with E-state index in [4.69, 9.17) is 28.9 Å². The predicted octanol–water partition coefficient (Wildman–Crippen LogP) is 5.03. The molecule has 1 fully saturated rings. The number of benzene rings is 2. The number of aromatic nitrogens is 3. The summed E-state index contributed by atoms with van der Waals surface area (Å²) < 4.78 is 4.77. The molecule has 4 aromatic rings. The molecule has 1 saturated heterocycles. The van der Waals surface area contributed by atoms with Gasteiger partial charge in [0.05, 0.1) is 23.1 Å². The summed E-state index contributed by atoms with van der Waals surface area (Å²) in [4.78, 5) is 5.67. The zero-order valence-corrected chi connectivity index (χ0v) is 18.1. The van der Waals surface area contributed by atoms with Crippen LogP contribution < -0.4 is 4.90 Å². The van der Waals surface area contributed by atoms with Crippen LogP contribution in [-0.4, -0.2) is 45.3 Å². The lowest BCUT2D eigenvalue weighted by Gasteiger charge is -2.36. The summed E-state index contributed by atoms with van der Waals surface area (Å²) in [6.07, 6.45) is 0. The first-order chi connectivity index (χ1) is 14.2. The molecule has 1 aliphatic rings. The van der Waals surface area contributed by atoms with Crippen LogP contribution in [0.1, 0.15) is 0 Å². The van der Waals surface area contributed by atoms with E-state index in [1.807, 2.05) is 41.1 Å². The first kappa shape index (κ1) is 18.8. The smallest absolute Gasteiger partial charge is 0.215 e. The minimum Gasteiger partial charge on any atom is -0.368 e. The second-order valence-electron chi connectivity index (χ2n) is 7.08. The van der Waals surface area contributed by atoms with E-state index in [-0.39, 0.29) is 0 Å². The average Bonchev–Trinajstić information content (AvgIpc) is 3.30. The van der Waals surface area contributed by atoms with Crippen LogP contribution in [0.2, 0.25) is 5.02 Å². The molecule has 0 aliphatic carbocycles. The maximum Gasteiger partial charge on any atom is 0.215 e. The standard InChI is InChI=1S/C21H20ClN5S2/c22-17-8-4-5-9-18(17)25-12-10-24(11-13-25)15-26-21(28)27-19(14-29-20(27)23-26)16-6-2-1-3-7-16/h1-9,14H,10-13,15H2. The molecular weight excluding hydrogens is 422 g/mol. The minimum absolute atomic E-state index is 0.706. The van der Waals surface area contributed by atoms with Gasteiger partial charge in [-0.15, -0.1) is 16.4 Å². The molecule has 0 spiro atoms. The number of hydrogen-bond acceptors (Lipinski definition) is 5. The number of thiazole rings is 1. The predicted molar refractivity (Wildman–Crippen MR) is 123 cm³/mol. The first-order valence-electron chi connectivity index (χ1n) is 9.55. The van der Waals surface area contributed by atoms with Crippen LogP contribution in [0.3, 0.4) is 0 Å². The Labute approximate surface area is 183 Å². The summed E-state index contributed by atoms with van der Waals surface area (Å²) in [5.74, 6) is 0. The normalized spacial score (nSPS) is 15.3. The molecule has 8 heteroatoms. The third-order valence-corrected chi connectivity index (χ3v) is 6.82. The van der Waals surface area contributed by atoms with Crippen molar-refractivity contribution in [2.45, 2.75) is 6.67 Å². The molecule has 3 heterocycles. The van der Waals surface area contributed by atoms with Gasteiger partial charge in [-0.05, 0) is 29.9 Å². The summed E-state index contributed by atoms with van der Waals surface area (Å²) >= 11 is 13.8. The van der Waals surface area contributed by atoms with E-state index in [9.17, 15) is 0 Å². The summed E-state index contributed by atoms with van der Waals surface area (Å²) in [5.41, 5.74) is 3.37. The van der Waals surface area contributed by atoms with E-state index in [1.165, 1.54) is 0 Å². The fraction of sp³-hybridized carbons (Fsp3) is 0.238. The van der Waals surface area contributed by atoms with Crippen LogP contribution in [0.5, 0.6) is 0 Å². The Kier molecular flexibility index (Phi) is 5.13. The highest BCUT2D eigenvalue weighted by molar-refractivity contribution is 7.71. The maximum absolute atomic E-state index is 6.36. The summed E-state index contributed by atoms with van der Waals surface area (Å²) in [6.45, 7) is 4.48. The van der Waals surface area contributed by atoms with Crippen LogP contribution in [-0.2, 0) is 6.67 Å². The largest absolute Gasteiger partial charge is 0.368 e. The minimum atomic E-state index is 0.706. The number of piperazine rings is 1. The molecule has 29 heavy (non-hydrogen) atoms. The van der Waals surface area contributed by atoms with Gasteiger partial charge in [-0.3, -0.25) is 9.30 Å². The number of anilines is 1. The van der Waals surface area contributed by atoms with E-state index in [2.05, 4.69) is 37.8 Å². The van der Waals surface area contributed by atoms with Crippen molar-refractivity contribution < 1.29 is 0 Å². The monoisotopic (exact) mass is 441 g/mol. The number of halogens is 1. The lowest BCUT2D eigenvalue weighted by molar-refractivity contribution is 0.195. The van der Waals surface area contributed by atoms with Crippen molar-refractivity contribution in [3.8, 4) is 11.3 Å². The maximum atomic E-state index is 6.36. The van der Waals surface area contributed by atoms with Crippen molar-refractivity contribution >= 4 is 45.8 Å². The highest BCUT2D eigenvalue weighted by Gasteiger charge is 2.20. The molecular formula is C21H20ClN5S2. The zero-order chi connectivity index (χ0) is 19.8. The van der Waals surface area contributed by atoms with Crippen LogP contribution in [0.4, 0.5) is 5.69 Å². The number of fused-ring (bicyclic) bond motifs is 1. The second-order valence-corrected chi connectivity index (χ2v) is 8.69. The number of rotatable bonds is 4. The fourth-order valence-corrected chi connectivity index (χ4v) is 5.25. The molecule has 0 saturated carbocycles. The van der Waals surface area contributed by atoms with Crippen molar-refractivity contribution in [1.29, 1.82) is 0 Å². The summed E-state index contributed by atoms with van der Waals surface area (Å²) in [5, 5.41) is 7.70. The topological polar surface area (TPSA) is 28.7 Å². The molecule has 5 rings (SSSR count). The molecule has 2 aromatic carbocycles. The van der Waals surface area contributed by atoms with Crippen molar-refractivity contribution in [2.24, 2.45) is 0 Å². The van der Waals surface area contributed by atoms with Crippen LogP contribution >= 0.6 is 35.2 Å². The number of para-hydroxylation sites is 1. The molecule has 0 N–H and O–H groups in total. The SMILES string of the molecule is S=c1n(CN2CCN(c3ccccc3Cl)CC2)nc2scc(-c3ccccc3)n12. The molecule has 0 amide bonds. The van der Waals surface area contributed by atoms with Gasteiger partial charge in [0.1, 0.15) is 0 Å². The first-order valence-corrected chi connectivity index (χ1v) is 11.2. The van der Waals surface area contributed by atoms with Gasteiger partial charge >= 0.3 is 0 Å². The lowest BCUT2D eigenvalue weighted by Crippen LogP contribution is -2.47. The van der Waals surface area contributed by atoms with Crippen LogP contribution in [0.25, 0.3) is 16.2 Å². The van der Waals surface area contributed by atoms with E-state index in [0.717, 1.165) is 57.9 Å². The quantitative estimate of drug-likeness (QED) is 0.415. The summed E-state index contributed by atoms with van der Waals surface area (Å²) in [6, 6.07) is 18.4.